The van der Waals surface area contributed by atoms with Gasteiger partial charge in [0.05, 0.1) is 31.3 Å². The Morgan fingerprint density at radius 3 is 2.43 bits per heavy atom. The fourth-order valence-electron chi connectivity index (χ4n) is 7.17. The first-order valence-electron chi connectivity index (χ1n) is 10.0. The second-order valence-electron chi connectivity index (χ2n) is 9.66. The Kier molecular flexibility index (Phi) is 4.11. The van der Waals surface area contributed by atoms with E-state index in [0.717, 1.165) is 0 Å². The molecule has 3 aliphatic carbocycles. The van der Waals surface area contributed by atoms with Crippen LogP contribution in [0.15, 0.2) is 11.8 Å². The van der Waals surface area contributed by atoms with Crippen molar-refractivity contribution in [2.75, 3.05) is 7.11 Å². The highest BCUT2D eigenvalue weighted by atomic mass is 16.6. The second kappa shape index (κ2) is 5.80. The van der Waals surface area contributed by atoms with Crippen molar-refractivity contribution in [3.05, 3.63) is 11.8 Å². The van der Waals surface area contributed by atoms with E-state index < -0.39 is 52.5 Å². The van der Waals surface area contributed by atoms with Crippen molar-refractivity contribution < 1.29 is 34.4 Å². The molecule has 3 fully saturated rings. The molecule has 0 amide bonds. The summed E-state index contributed by atoms with van der Waals surface area (Å²) in [6.07, 6.45) is -1.21. The van der Waals surface area contributed by atoms with Gasteiger partial charge < -0.3 is 24.8 Å². The summed E-state index contributed by atoms with van der Waals surface area (Å²) in [5.74, 6) is -2.31. The molecule has 0 spiro atoms. The highest BCUT2D eigenvalue weighted by Gasteiger charge is 2.77. The Labute approximate surface area is 164 Å². The summed E-state index contributed by atoms with van der Waals surface area (Å²) in [5.41, 5.74) is -3.72. The lowest BCUT2D eigenvalue weighted by atomic mass is 9.37. The Hall–Kier alpha value is -1.44. The number of ketones is 1. The van der Waals surface area contributed by atoms with Gasteiger partial charge in [-0.25, -0.2) is 0 Å². The van der Waals surface area contributed by atoms with Gasteiger partial charge in [0.25, 0.3) is 0 Å². The maximum Gasteiger partial charge on any atom is 0.309 e. The number of methoxy groups -OCH3 is 1. The van der Waals surface area contributed by atoms with Crippen LogP contribution in [0.1, 0.15) is 40.5 Å². The first-order valence-corrected chi connectivity index (χ1v) is 10.0. The average molecular weight is 394 g/mol. The van der Waals surface area contributed by atoms with Crippen molar-refractivity contribution in [3.63, 3.8) is 0 Å². The third-order valence-corrected chi connectivity index (χ3v) is 8.76. The molecule has 156 valence electrons. The largest absolute Gasteiger partial charge is 0.493 e. The number of esters is 1. The van der Waals surface area contributed by atoms with E-state index in [1.54, 1.807) is 26.8 Å². The van der Waals surface area contributed by atoms with Gasteiger partial charge in [-0.3, -0.25) is 9.59 Å². The van der Waals surface area contributed by atoms with Crippen LogP contribution in [-0.2, 0) is 19.1 Å². The van der Waals surface area contributed by atoms with Gasteiger partial charge in [-0.15, -0.1) is 0 Å². The number of allylic oxidation sites excluding steroid dienone is 2. The molecule has 0 bridgehead atoms. The van der Waals surface area contributed by atoms with Crippen LogP contribution in [0.5, 0.6) is 0 Å². The summed E-state index contributed by atoms with van der Waals surface area (Å²) in [6.45, 7) is 7.22. The van der Waals surface area contributed by atoms with E-state index in [1.165, 1.54) is 7.11 Å². The SMILES string of the molecule is COC1=CC(C)C2CC3OC(=O)CC4(O)C(C)C(O)C(O)C(C2(C)C1=O)C34C. The molecule has 28 heavy (non-hydrogen) atoms. The number of ether oxygens (including phenoxy) is 2. The highest BCUT2D eigenvalue weighted by molar-refractivity contribution is 5.99. The first-order chi connectivity index (χ1) is 12.9. The van der Waals surface area contributed by atoms with Crippen molar-refractivity contribution in [2.45, 2.75) is 64.4 Å². The van der Waals surface area contributed by atoms with Crippen molar-refractivity contribution in [3.8, 4) is 0 Å². The number of fused-ring (bicyclic) bond motifs is 2. The standard InChI is InChI=1S/C21H30O7/c1-9-6-12(27-5)18(25)19(3)11(9)7-13-20(4)17(19)16(24)15(23)10(2)21(20,26)8-14(22)28-13/h6,9-11,13,15-17,23-24,26H,7-8H2,1-5H3. The molecule has 0 aromatic heterocycles. The summed E-state index contributed by atoms with van der Waals surface area (Å²) in [6, 6.07) is 0. The van der Waals surface area contributed by atoms with E-state index in [1.807, 2.05) is 6.92 Å². The molecule has 7 heteroatoms. The van der Waals surface area contributed by atoms with Crippen molar-refractivity contribution in [1.29, 1.82) is 0 Å². The fourth-order valence-corrected chi connectivity index (χ4v) is 7.17. The van der Waals surface area contributed by atoms with Gasteiger partial charge >= 0.3 is 5.97 Å². The molecule has 3 N–H and O–H groups in total. The number of hydrogen-bond acceptors (Lipinski definition) is 7. The molecule has 0 aromatic carbocycles. The average Bonchev–Trinajstić information content (AvgIpc) is 2.63. The number of aliphatic hydroxyl groups is 3. The minimum absolute atomic E-state index is 0.0559. The van der Waals surface area contributed by atoms with E-state index in [4.69, 9.17) is 9.47 Å². The van der Waals surface area contributed by atoms with Crippen molar-refractivity contribution in [1.82, 2.24) is 0 Å². The number of rotatable bonds is 1. The lowest BCUT2D eigenvalue weighted by Gasteiger charge is -2.70. The lowest BCUT2D eigenvalue weighted by Crippen LogP contribution is -2.79. The Balaban J connectivity index is 1.97. The number of aliphatic hydroxyl groups excluding tert-OH is 2. The molecular formula is C21H30O7. The van der Waals surface area contributed by atoms with Gasteiger partial charge in [0.1, 0.15) is 6.10 Å². The van der Waals surface area contributed by atoms with Gasteiger partial charge in [-0.1, -0.05) is 27.7 Å². The number of carbonyl (C=O) groups excluding carboxylic acids is 2. The minimum Gasteiger partial charge on any atom is -0.493 e. The van der Waals surface area contributed by atoms with Crippen LogP contribution in [0.3, 0.4) is 0 Å². The summed E-state index contributed by atoms with van der Waals surface area (Å²) in [5, 5.41) is 33.8. The van der Waals surface area contributed by atoms with Gasteiger partial charge in [0.15, 0.2) is 5.76 Å². The highest BCUT2D eigenvalue weighted by Crippen LogP contribution is 2.69. The smallest absolute Gasteiger partial charge is 0.309 e. The molecular weight excluding hydrogens is 364 g/mol. The Bertz CT molecular complexity index is 762. The van der Waals surface area contributed by atoms with E-state index >= 15 is 0 Å². The normalized spacial score (nSPS) is 55.6. The Morgan fingerprint density at radius 1 is 1.18 bits per heavy atom. The van der Waals surface area contributed by atoms with E-state index in [9.17, 15) is 24.9 Å². The fraction of sp³-hybridized carbons (Fsp3) is 0.810. The molecule has 1 aliphatic heterocycles. The third kappa shape index (κ3) is 2.00. The predicted octanol–water partition coefficient (Wildman–Crippen LogP) is 0.802. The summed E-state index contributed by atoms with van der Waals surface area (Å²) >= 11 is 0. The van der Waals surface area contributed by atoms with E-state index in [0.29, 0.717) is 6.42 Å². The molecule has 0 aromatic rings. The summed E-state index contributed by atoms with van der Waals surface area (Å²) in [4.78, 5) is 25.9. The molecule has 1 heterocycles. The van der Waals surface area contributed by atoms with Gasteiger partial charge in [-0.05, 0) is 24.3 Å². The predicted molar refractivity (Wildman–Crippen MR) is 97.7 cm³/mol. The third-order valence-electron chi connectivity index (χ3n) is 8.76. The van der Waals surface area contributed by atoms with Crippen LogP contribution in [0.25, 0.3) is 0 Å². The molecule has 0 radical (unpaired) electrons. The molecule has 4 rings (SSSR count). The summed E-state index contributed by atoms with van der Waals surface area (Å²) in [7, 11) is 1.44. The van der Waals surface area contributed by atoms with Crippen LogP contribution >= 0.6 is 0 Å². The first kappa shape index (κ1) is 19.9. The summed E-state index contributed by atoms with van der Waals surface area (Å²) < 4.78 is 11.0. The van der Waals surface area contributed by atoms with E-state index in [2.05, 4.69) is 0 Å². The van der Waals surface area contributed by atoms with Crippen LogP contribution in [0.4, 0.5) is 0 Å². The van der Waals surface area contributed by atoms with Crippen molar-refractivity contribution in [2.24, 2.45) is 34.5 Å². The number of Topliss-reactive ketones (excluding diaryl/α,β-unsaturated/α-hetero) is 1. The van der Waals surface area contributed by atoms with E-state index in [-0.39, 0.29) is 29.8 Å². The van der Waals surface area contributed by atoms with Gasteiger partial charge in [0, 0.05) is 22.7 Å². The molecule has 7 nitrogen and oxygen atoms in total. The molecule has 2 saturated carbocycles. The molecule has 1 saturated heterocycles. The second-order valence-corrected chi connectivity index (χ2v) is 9.66. The monoisotopic (exact) mass is 394 g/mol. The zero-order valence-electron chi connectivity index (χ0n) is 17.0. The van der Waals surface area contributed by atoms with Crippen LogP contribution in [0.2, 0.25) is 0 Å². The van der Waals surface area contributed by atoms with Crippen molar-refractivity contribution >= 4 is 11.8 Å². The molecule has 4 aliphatic rings. The lowest BCUT2D eigenvalue weighted by molar-refractivity contribution is -0.329. The van der Waals surface area contributed by atoms with Crippen LogP contribution < -0.4 is 0 Å². The number of carbonyl (C=O) groups is 2. The van der Waals surface area contributed by atoms with Gasteiger partial charge in [0.2, 0.25) is 5.78 Å². The zero-order chi connectivity index (χ0) is 20.8. The van der Waals surface area contributed by atoms with Crippen LogP contribution in [0, 0.1) is 34.5 Å². The maximum atomic E-state index is 13.5. The molecule has 10 unspecified atom stereocenters. The van der Waals surface area contributed by atoms with Crippen LogP contribution in [-0.4, -0.2) is 58.1 Å². The topological polar surface area (TPSA) is 113 Å². The maximum absolute atomic E-state index is 13.5. The zero-order valence-corrected chi connectivity index (χ0v) is 17.0. The number of hydrogen-bond donors (Lipinski definition) is 3. The molecule has 10 atom stereocenters. The quantitative estimate of drug-likeness (QED) is 0.564. The Morgan fingerprint density at radius 2 is 1.82 bits per heavy atom. The van der Waals surface area contributed by atoms with Gasteiger partial charge in [-0.2, -0.15) is 0 Å². The minimum atomic E-state index is -1.58.